The molecule has 6 nitrogen and oxygen atoms in total. The molecular weight excluding hydrogens is 342 g/mol. The summed E-state index contributed by atoms with van der Waals surface area (Å²) in [5.41, 5.74) is 2.42. The molecule has 2 aromatic heterocycles. The van der Waals surface area contributed by atoms with E-state index in [-0.39, 0.29) is 5.56 Å². The van der Waals surface area contributed by atoms with Crippen LogP contribution >= 0.6 is 0 Å². The molecule has 0 bridgehead atoms. The number of carbonyl (C=O) groups is 1. The Balaban J connectivity index is 0.000000221. The number of nitrogens with one attached hydrogen (secondary N) is 1. The van der Waals surface area contributed by atoms with Crippen LogP contribution in [0.25, 0.3) is 22.4 Å². The van der Waals surface area contributed by atoms with Crippen molar-refractivity contribution >= 4 is 16.9 Å². The molecule has 0 unspecified atom stereocenters. The zero-order chi connectivity index (χ0) is 19.2. The zero-order valence-corrected chi connectivity index (χ0v) is 15.7. The molecule has 1 aliphatic rings. The number of benzene rings is 1. The Kier molecular flexibility index (Phi) is 6.21. The van der Waals surface area contributed by atoms with Crippen molar-refractivity contribution in [1.29, 1.82) is 0 Å². The van der Waals surface area contributed by atoms with Crippen LogP contribution in [0.5, 0.6) is 0 Å². The smallest absolute Gasteiger partial charge is 0.336 e. The summed E-state index contributed by atoms with van der Waals surface area (Å²) in [4.78, 5) is 18.2. The first-order valence-electron chi connectivity index (χ1n) is 9.12. The lowest BCUT2D eigenvalue weighted by Gasteiger charge is -2.09. The molecule has 142 valence electrons. The van der Waals surface area contributed by atoms with Gasteiger partial charge in [0.25, 0.3) is 0 Å². The second kappa shape index (κ2) is 8.79. The van der Waals surface area contributed by atoms with Gasteiger partial charge in [-0.2, -0.15) is 0 Å². The molecular formula is C21H25N3O3. The van der Waals surface area contributed by atoms with E-state index in [0.29, 0.717) is 22.4 Å². The summed E-state index contributed by atoms with van der Waals surface area (Å²) in [5, 5.41) is 13.3. The van der Waals surface area contributed by atoms with Gasteiger partial charge >= 0.3 is 5.97 Å². The standard InChI is InChI=1S/C15H11NO3.C6H14N2/c1-9-4-5-12-10(7-9)11(15(17)18)8-13(16-12)14-3-2-6-19-14;1-8-5-2-3-7-4-6-8/h2-8H,1H3,(H,17,18);7H,2-6H2,1H3. The van der Waals surface area contributed by atoms with Crippen molar-refractivity contribution in [1.82, 2.24) is 15.2 Å². The number of hydrogen-bond donors (Lipinski definition) is 2. The van der Waals surface area contributed by atoms with E-state index < -0.39 is 5.97 Å². The molecule has 1 aliphatic heterocycles. The molecule has 2 N–H and O–H groups in total. The lowest BCUT2D eigenvalue weighted by Crippen LogP contribution is -2.23. The highest BCUT2D eigenvalue weighted by Crippen LogP contribution is 2.25. The third kappa shape index (κ3) is 4.93. The average molecular weight is 367 g/mol. The van der Waals surface area contributed by atoms with Crippen LogP contribution in [0.15, 0.2) is 47.1 Å². The Morgan fingerprint density at radius 1 is 1.22 bits per heavy atom. The first-order chi connectivity index (χ1) is 13.0. The second-order valence-corrected chi connectivity index (χ2v) is 6.76. The summed E-state index contributed by atoms with van der Waals surface area (Å²) in [7, 11) is 2.17. The van der Waals surface area contributed by atoms with Gasteiger partial charge in [-0.15, -0.1) is 0 Å². The Bertz CT molecular complexity index is 898. The van der Waals surface area contributed by atoms with Gasteiger partial charge < -0.3 is 19.7 Å². The van der Waals surface area contributed by atoms with Crippen LogP contribution < -0.4 is 5.32 Å². The Morgan fingerprint density at radius 2 is 2.07 bits per heavy atom. The topological polar surface area (TPSA) is 78.6 Å². The van der Waals surface area contributed by atoms with Crippen LogP contribution in [-0.4, -0.2) is 54.2 Å². The van der Waals surface area contributed by atoms with E-state index in [9.17, 15) is 9.90 Å². The number of aromatic carboxylic acids is 1. The van der Waals surface area contributed by atoms with Gasteiger partial charge in [0.15, 0.2) is 5.76 Å². The van der Waals surface area contributed by atoms with Crippen molar-refractivity contribution in [2.45, 2.75) is 13.3 Å². The number of likely N-dealkylation sites (N-methyl/N-ethyl adjacent to an activating group) is 1. The van der Waals surface area contributed by atoms with Crippen LogP contribution in [0.3, 0.4) is 0 Å². The van der Waals surface area contributed by atoms with Crippen molar-refractivity contribution < 1.29 is 14.3 Å². The largest absolute Gasteiger partial charge is 0.478 e. The number of furan rings is 1. The molecule has 1 saturated heterocycles. The Morgan fingerprint density at radius 3 is 2.81 bits per heavy atom. The minimum Gasteiger partial charge on any atom is -0.478 e. The molecule has 3 aromatic rings. The van der Waals surface area contributed by atoms with E-state index in [1.54, 1.807) is 18.2 Å². The monoisotopic (exact) mass is 367 g/mol. The lowest BCUT2D eigenvalue weighted by atomic mass is 10.0. The number of carboxylic acid groups (broad SMARTS) is 1. The van der Waals surface area contributed by atoms with Crippen molar-refractivity contribution in [2.75, 3.05) is 33.2 Å². The fraction of sp³-hybridized carbons (Fsp3) is 0.333. The number of aryl methyl sites for hydroxylation is 1. The number of fused-ring (bicyclic) bond motifs is 1. The van der Waals surface area contributed by atoms with E-state index in [1.807, 2.05) is 25.1 Å². The highest BCUT2D eigenvalue weighted by molar-refractivity contribution is 6.03. The van der Waals surface area contributed by atoms with Gasteiger partial charge in [0.2, 0.25) is 0 Å². The minimum absolute atomic E-state index is 0.236. The Hall–Kier alpha value is -2.70. The number of carboxylic acids is 1. The number of nitrogens with zero attached hydrogens (tertiary/aromatic N) is 2. The third-order valence-electron chi connectivity index (χ3n) is 4.53. The fourth-order valence-corrected chi connectivity index (χ4v) is 3.05. The zero-order valence-electron chi connectivity index (χ0n) is 15.7. The van der Waals surface area contributed by atoms with Crippen LogP contribution in [0.4, 0.5) is 0 Å². The quantitative estimate of drug-likeness (QED) is 0.723. The van der Waals surface area contributed by atoms with Gasteiger partial charge in [0.05, 0.1) is 17.3 Å². The van der Waals surface area contributed by atoms with E-state index in [2.05, 4.69) is 22.2 Å². The second-order valence-electron chi connectivity index (χ2n) is 6.76. The molecule has 6 heteroatoms. The van der Waals surface area contributed by atoms with Gasteiger partial charge in [0.1, 0.15) is 5.69 Å². The summed E-state index contributed by atoms with van der Waals surface area (Å²) in [6, 6.07) is 10.6. The van der Waals surface area contributed by atoms with Crippen molar-refractivity contribution in [2.24, 2.45) is 0 Å². The SMILES string of the molecule is CN1CCCNCC1.Cc1ccc2nc(-c3ccco3)cc(C(=O)O)c2c1. The molecule has 1 fully saturated rings. The predicted molar refractivity (Wildman–Crippen MR) is 106 cm³/mol. The molecule has 0 amide bonds. The molecule has 0 aliphatic carbocycles. The number of aromatic nitrogens is 1. The van der Waals surface area contributed by atoms with E-state index >= 15 is 0 Å². The lowest BCUT2D eigenvalue weighted by molar-refractivity contribution is 0.0699. The maximum absolute atomic E-state index is 11.4. The fourth-order valence-electron chi connectivity index (χ4n) is 3.05. The van der Waals surface area contributed by atoms with Gasteiger partial charge in [-0.25, -0.2) is 9.78 Å². The van der Waals surface area contributed by atoms with Crippen molar-refractivity contribution in [3.8, 4) is 11.5 Å². The highest BCUT2D eigenvalue weighted by Gasteiger charge is 2.14. The summed E-state index contributed by atoms with van der Waals surface area (Å²) < 4.78 is 5.27. The summed E-state index contributed by atoms with van der Waals surface area (Å²) in [6.07, 6.45) is 2.84. The molecule has 27 heavy (non-hydrogen) atoms. The first kappa shape index (κ1) is 19.1. The summed E-state index contributed by atoms with van der Waals surface area (Å²) in [6.45, 7) is 6.75. The van der Waals surface area contributed by atoms with Gasteiger partial charge in [0, 0.05) is 18.5 Å². The summed E-state index contributed by atoms with van der Waals surface area (Å²) >= 11 is 0. The third-order valence-corrected chi connectivity index (χ3v) is 4.53. The number of rotatable bonds is 2. The molecule has 4 rings (SSSR count). The van der Waals surface area contributed by atoms with Gasteiger partial charge in [-0.1, -0.05) is 11.6 Å². The number of pyridine rings is 1. The predicted octanol–water partition coefficient (Wildman–Crippen LogP) is 3.41. The van der Waals surface area contributed by atoms with Crippen LogP contribution in [-0.2, 0) is 0 Å². The molecule has 0 spiro atoms. The van der Waals surface area contributed by atoms with E-state index in [4.69, 9.17) is 4.42 Å². The van der Waals surface area contributed by atoms with E-state index in [1.165, 1.54) is 32.3 Å². The molecule has 0 radical (unpaired) electrons. The van der Waals surface area contributed by atoms with Crippen molar-refractivity contribution in [3.05, 3.63) is 53.8 Å². The maximum Gasteiger partial charge on any atom is 0.336 e. The summed E-state index contributed by atoms with van der Waals surface area (Å²) in [5.74, 6) is -0.407. The van der Waals surface area contributed by atoms with Crippen LogP contribution in [0.1, 0.15) is 22.3 Å². The molecule has 0 atom stereocenters. The van der Waals surface area contributed by atoms with Crippen LogP contribution in [0.2, 0.25) is 0 Å². The molecule has 3 heterocycles. The highest BCUT2D eigenvalue weighted by atomic mass is 16.4. The maximum atomic E-state index is 11.4. The van der Waals surface area contributed by atoms with E-state index in [0.717, 1.165) is 12.1 Å². The number of hydrogen-bond acceptors (Lipinski definition) is 5. The first-order valence-corrected chi connectivity index (χ1v) is 9.12. The molecule has 1 aromatic carbocycles. The van der Waals surface area contributed by atoms with Gasteiger partial charge in [-0.05, 0) is 63.8 Å². The Labute approximate surface area is 158 Å². The van der Waals surface area contributed by atoms with Crippen LogP contribution in [0, 0.1) is 6.92 Å². The van der Waals surface area contributed by atoms with Crippen molar-refractivity contribution in [3.63, 3.8) is 0 Å². The van der Waals surface area contributed by atoms with Gasteiger partial charge in [-0.3, -0.25) is 0 Å². The normalized spacial score (nSPS) is 15.0. The average Bonchev–Trinajstić information content (AvgIpc) is 3.09. The molecule has 0 saturated carbocycles. The minimum atomic E-state index is -0.967.